The Bertz CT molecular complexity index is 942. The van der Waals surface area contributed by atoms with Crippen molar-refractivity contribution in [2.45, 2.75) is 6.54 Å². The average molecular weight is 352 g/mol. The minimum atomic E-state index is -0.397. The number of rotatable bonds is 6. The summed E-state index contributed by atoms with van der Waals surface area (Å²) in [6, 6.07) is 13.3. The lowest BCUT2D eigenvalue weighted by Crippen LogP contribution is -2.03. The van der Waals surface area contributed by atoms with Crippen molar-refractivity contribution in [3.05, 3.63) is 65.5 Å². The van der Waals surface area contributed by atoms with E-state index in [2.05, 4.69) is 5.10 Å². The van der Waals surface area contributed by atoms with Crippen molar-refractivity contribution in [1.82, 2.24) is 9.78 Å². The van der Waals surface area contributed by atoms with Crippen molar-refractivity contribution < 1.29 is 19.0 Å². The van der Waals surface area contributed by atoms with Crippen LogP contribution in [0.25, 0.3) is 17.0 Å². The van der Waals surface area contributed by atoms with Gasteiger partial charge >= 0.3 is 5.97 Å². The molecule has 2 aromatic carbocycles. The molecule has 0 radical (unpaired) electrons. The zero-order valence-corrected chi connectivity index (χ0v) is 14.9. The van der Waals surface area contributed by atoms with E-state index in [0.717, 1.165) is 22.2 Å². The van der Waals surface area contributed by atoms with Crippen molar-refractivity contribution in [3.63, 3.8) is 0 Å². The van der Waals surface area contributed by atoms with Crippen molar-refractivity contribution in [1.29, 1.82) is 0 Å². The number of aromatic nitrogens is 2. The second-order valence-electron chi connectivity index (χ2n) is 5.62. The highest BCUT2D eigenvalue weighted by Gasteiger charge is 2.17. The lowest BCUT2D eigenvalue weighted by molar-refractivity contribution is 0.0603. The lowest BCUT2D eigenvalue weighted by atomic mass is 10.1. The Morgan fingerprint density at radius 1 is 1.12 bits per heavy atom. The molecule has 0 amide bonds. The molecule has 3 rings (SSSR count). The van der Waals surface area contributed by atoms with Crippen LogP contribution < -0.4 is 4.74 Å². The Kier molecular flexibility index (Phi) is 5.22. The first-order valence-electron chi connectivity index (χ1n) is 8.08. The number of benzene rings is 2. The zero-order chi connectivity index (χ0) is 18.5. The molecule has 0 saturated carbocycles. The number of carbonyl (C=O) groups is 1. The first-order valence-corrected chi connectivity index (χ1v) is 8.08. The number of nitrogens with zero attached hydrogens (tertiary/aromatic N) is 2. The van der Waals surface area contributed by atoms with Crippen LogP contribution in [0, 0.1) is 0 Å². The molecule has 3 aromatic rings. The summed E-state index contributed by atoms with van der Waals surface area (Å²) in [4.78, 5) is 12.2. The number of carbonyl (C=O) groups excluding carboxylic acids is 1. The van der Waals surface area contributed by atoms with Gasteiger partial charge in [-0.2, -0.15) is 5.10 Å². The van der Waals surface area contributed by atoms with E-state index in [4.69, 9.17) is 14.2 Å². The monoisotopic (exact) mass is 352 g/mol. The van der Waals surface area contributed by atoms with Gasteiger partial charge in [0.15, 0.2) is 0 Å². The van der Waals surface area contributed by atoms with Crippen LogP contribution in [-0.2, 0) is 16.0 Å². The molecular formula is C20H20N2O4. The zero-order valence-electron chi connectivity index (χ0n) is 14.9. The average Bonchev–Trinajstić information content (AvgIpc) is 3.04. The molecule has 0 bridgehead atoms. The van der Waals surface area contributed by atoms with Crippen molar-refractivity contribution in [3.8, 4) is 5.75 Å². The lowest BCUT2D eigenvalue weighted by Gasteiger charge is -2.06. The molecular weight excluding hydrogens is 332 g/mol. The SMILES string of the molecule is COC=Cc1nn(Cc2ccc(OC)cc2)c2cccc(C(=O)OC)c12. The van der Waals surface area contributed by atoms with Crippen molar-refractivity contribution in [2.75, 3.05) is 21.3 Å². The van der Waals surface area contributed by atoms with Crippen LogP contribution in [-0.4, -0.2) is 37.1 Å². The normalized spacial score (nSPS) is 11.0. The number of hydrogen-bond donors (Lipinski definition) is 0. The van der Waals surface area contributed by atoms with Crippen LogP contribution in [0.1, 0.15) is 21.6 Å². The van der Waals surface area contributed by atoms with E-state index in [1.165, 1.54) is 13.4 Å². The van der Waals surface area contributed by atoms with E-state index in [1.807, 2.05) is 41.1 Å². The van der Waals surface area contributed by atoms with E-state index < -0.39 is 5.97 Å². The third-order valence-electron chi connectivity index (χ3n) is 4.06. The molecule has 6 heteroatoms. The van der Waals surface area contributed by atoms with Crippen molar-refractivity contribution >= 4 is 22.9 Å². The van der Waals surface area contributed by atoms with Gasteiger partial charge in [0.1, 0.15) is 5.75 Å². The summed E-state index contributed by atoms with van der Waals surface area (Å²) >= 11 is 0. The Hall–Kier alpha value is -3.28. The van der Waals surface area contributed by atoms with E-state index in [0.29, 0.717) is 17.8 Å². The van der Waals surface area contributed by atoms with Crippen LogP contribution >= 0.6 is 0 Å². The van der Waals surface area contributed by atoms with E-state index in [9.17, 15) is 4.79 Å². The summed E-state index contributed by atoms with van der Waals surface area (Å²) in [6.07, 6.45) is 3.27. The van der Waals surface area contributed by atoms with E-state index >= 15 is 0 Å². The summed E-state index contributed by atoms with van der Waals surface area (Å²) in [5.74, 6) is 0.405. The summed E-state index contributed by atoms with van der Waals surface area (Å²) in [5.41, 5.74) is 3.04. The number of esters is 1. The topological polar surface area (TPSA) is 62.6 Å². The second-order valence-corrected chi connectivity index (χ2v) is 5.62. The van der Waals surface area contributed by atoms with E-state index in [-0.39, 0.29) is 0 Å². The van der Waals surface area contributed by atoms with Crippen LogP contribution in [0.4, 0.5) is 0 Å². The number of hydrogen-bond acceptors (Lipinski definition) is 5. The molecule has 0 saturated heterocycles. The molecule has 0 spiro atoms. The van der Waals surface area contributed by atoms with Gasteiger partial charge in [-0.25, -0.2) is 4.79 Å². The third-order valence-corrected chi connectivity index (χ3v) is 4.06. The quantitative estimate of drug-likeness (QED) is 0.502. The fraction of sp³-hybridized carbons (Fsp3) is 0.200. The molecule has 26 heavy (non-hydrogen) atoms. The maximum absolute atomic E-state index is 12.2. The Morgan fingerprint density at radius 3 is 2.54 bits per heavy atom. The fourth-order valence-electron chi connectivity index (χ4n) is 2.81. The summed E-state index contributed by atoms with van der Waals surface area (Å²) in [6.45, 7) is 0.561. The van der Waals surface area contributed by atoms with Gasteiger partial charge in [-0.3, -0.25) is 4.68 Å². The van der Waals surface area contributed by atoms with Gasteiger partial charge in [0.05, 0.1) is 50.9 Å². The van der Waals surface area contributed by atoms with Crippen molar-refractivity contribution in [2.24, 2.45) is 0 Å². The molecule has 0 fully saturated rings. The first kappa shape index (κ1) is 17.5. The molecule has 6 nitrogen and oxygen atoms in total. The summed E-state index contributed by atoms with van der Waals surface area (Å²) in [7, 11) is 4.57. The minimum absolute atomic E-state index is 0.397. The molecule has 134 valence electrons. The van der Waals surface area contributed by atoms with Crippen LogP contribution in [0.3, 0.4) is 0 Å². The molecule has 1 heterocycles. The first-order chi connectivity index (χ1) is 12.7. The minimum Gasteiger partial charge on any atom is -0.504 e. The smallest absolute Gasteiger partial charge is 0.338 e. The van der Waals surface area contributed by atoms with Gasteiger partial charge in [0.25, 0.3) is 0 Å². The predicted molar refractivity (Wildman–Crippen MR) is 99.2 cm³/mol. The summed E-state index contributed by atoms with van der Waals surface area (Å²) < 4.78 is 17.0. The number of ether oxygens (including phenoxy) is 3. The van der Waals surface area contributed by atoms with Crippen LogP contribution in [0.5, 0.6) is 5.75 Å². The highest BCUT2D eigenvalue weighted by molar-refractivity contribution is 6.06. The number of fused-ring (bicyclic) bond motifs is 1. The molecule has 0 atom stereocenters. The van der Waals surface area contributed by atoms with Gasteiger partial charge in [-0.15, -0.1) is 0 Å². The second kappa shape index (κ2) is 7.74. The van der Waals surface area contributed by atoms with E-state index in [1.54, 1.807) is 26.4 Å². The van der Waals surface area contributed by atoms with Gasteiger partial charge in [-0.1, -0.05) is 18.2 Å². The van der Waals surface area contributed by atoms with Gasteiger partial charge in [0, 0.05) is 11.5 Å². The van der Waals surface area contributed by atoms with Gasteiger partial charge in [0.2, 0.25) is 0 Å². The third kappa shape index (κ3) is 3.39. The highest BCUT2D eigenvalue weighted by atomic mass is 16.5. The maximum Gasteiger partial charge on any atom is 0.338 e. The van der Waals surface area contributed by atoms with Gasteiger partial charge in [-0.05, 0) is 29.8 Å². The summed E-state index contributed by atoms with van der Waals surface area (Å²) in [5, 5.41) is 5.39. The highest BCUT2D eigenvalue weighted by Crippen LogP contribution is 2.26. The van der Waals surface area contributed by atoms with Crippen LogP contribution in [0.15, 0.2) is 48.7 Å². The largest absolute Gasteiger partial charge is 0.504 e. The molecule has 0 unspecified atom stereocenters. The van der Waals surface area contributed by atoms with Gasteiger partial charge < -0.3 is 14.2 Å². The Morgan fingerprint density at radius 2 is 1.88 bits per heavy atom. The molecule has 0 aliphatic rings. The molecule has 0 aliphatic carbocycles. The molecule has 1 aromatic heterocycles. The molecule has 0 N–H and O–H groups in total. The Labute approximate surface area is 151 Å². The number of methoxy groups -OCH3 is 3. The van der Waals surface area contributed by atoms with Crippen LogP contribution in [0.2, 0.25) is 0 Å². The standard InChI is InChI=1S/C20H20N2O4/c1-24-12-11-17-19-16(20(23)26-3)5-4-6-18(19)22(21-17)13-14-7-9-15(25-2)10-8-14/h4-12H,13H2,1-3H3. The molecule has 0 aliphatic heterocycles. The maximum atomic E-state index is 12.2. The fourth-order valence-corrected chi connectivity index (χ4v) is 2.81. The predicted octanol–water partition coefficient (Wildman–Crippen LogP) is 3.50. The Balaban J connectivity index is 2.10.